The minimum atomic E-state index is 0.668. The predicted octanol–water partition coefficient (Wildman–Crippen LogP) is 3.41. The molecule has 3 heteroatoms. The zero-order chi connectivity index (χ0) is 9.68. The molecule has 0 spiro atoms. The van der Waals surface area contributed by atoms with Crippen LogP contribution in [0.3, 0.4) is 0 Å². The molecule has 0 aliphatic carbocycles. The number of benzene rings is 1. The summed E-state index contributed by atoms with van der Waals surface area (Å²) in [7, 11) is 0. The summed E-state index contributed by atoms with van der Waals surface area (Å²) in [5.74, 6) is 0. The van der Waals surface area contributed by atoms with Crippen LogP contribution in [0.1, 0.15) is 5.56 Å². The molecule has 13 heavy (non-hydrogen) atoms. The molecule has 0 fully saturated rings. The lowest BCUT2D eigenvalue weighted by Gasteiger charge is -2.02. The number of rotatable bonds is 3. The Balaban J connectivity index is 3.06. The van der Waals surface area contributed by atoms with Crippen molar-refractivity contribution >= 4 is 27.7 Å². The third-order valence-corrected chi connectivity index (χ3v) is 2.12. The van der Waals surface area contributed by atoms with E-state index in [0.29, 0.717) is 5.69 Å². The van der Waals surface area contributed by atoms with Crippen molar-refractivity contribution in [2.45, 2.75) is 0 Å². The molecule has 2 nitrogen and oxygen atoms in total. The minimum absolute atomic E-state index is 0.668. The molecule has 1 rings (SSSR count). The molecular formula is C10H10BrNO. The van der Waals surface area contributed by atoms with Crippen LogP contribution in [-0.4, -0.2) is 5.21 Å². The smallest absolute Gasteiger partial charge is 0.0674 e. The lowest BCUT2D eigenvalue weighted by Crippen LogP contribution is -1.91. The number of anilines is 1. The Labute approximate surface area is 85.7 Å². The summed E-state index contributed by atoms with van der Waals surface area (Å²) >= 11 is 3.31. The van der Waals surface area contributed by atoms with Gasteiger partial charge in [-0.1, -0.05) is 46.8 Å². The highest BCUT2D eigenvalue weighted by Gasteiger charge is 1.96. The Morgan fingerprint density at radius 3 is 2.77 bits per heavy atom. The Bertz CT molecular complexity index is 333. The Kier molecular flexibility index (Phi) is 3.73. The van der Waals surface area contributed by atoms with Crippen molar-refractivity contribution in [2.24, 2.45) is 0 Å². The van der Waals surface area contributed by atoms with E-state index >= 15 is 0 Å². The molecular weight excluding hydrogens is 230 g/mol. The van der Waals surface area contributed by atoms with Crippen LogP contribution in [0.5, 0.6) is 0 Å². The van der Waals surface area contributed by atoms with Crippen LogP contribution in [0.15, 0.2) is 41.4 Å². The Morgan fingerprint density at radius 2 is 2.15 bits per heavy atom. The summed E-state index contributed by atoms with van der Waals surface area (Å²) in [6.07, 6.45) is 3.56. The van der Waals surface area contributed by atoms with Gasteiger partial charge in [0.15, 0.2) is 0 Å². The fourth-order valence-electron chi connectivity index (χ4n) is 0.932. The predicted molar refractivity (Wildman–Crippen MR) is 59.0 cm³/mol. The minimum Gasteiger partial charge on any atom is -0.291 e. The van der Waals surface area contributed by atoms with Crippen LogP contribution < -0.4 is 5.48 Å². The fraction of sp³-hybridized carbons (Fsp3) is 0. The number of nitrogens with one attached hydrogen (secondary N) is 1. The van der Waals surface area contributed by atoms with E-state index in [1.54, 1.807) is 12.1 Å². The van der Waals surface area contributed by atoms with Crippen molar-refractivity contribution in [3.05, 3.63) is 47.0 Å². The molecule has 0 unspecified atom stereocenters. The van der Waals surface area contributed by atoms with Crippen LogP contribution in [-0.2, 0) is 0 Å². The van der Waals surface area contributed by atoms with Crippen LogP contribution in [0.25, 0.3) is 6.08 Å². The first kappa shape index (κ1) is 10.0. The molecule has 0 bridgehead atoms. The average molecular weight is 240 g/mol. The number of allylic oxidation sites excluding steroid dienone is 2. The molecule has 0 atom stereocenters. The van der Waals surface area contributed by atoms with Crippen molar-refractivity contribution in [1.29, 1.82) is 0 Å². The van der Waals surface area contributed by atoms with Crippen molar-refractivity contribution in [3.8, 4) is 0 Å². The lowest BCUT2D eigenvalue weighted by atomic mass is 10.1. The summed E-state index contributed by atoms with van der Waals surface area (Å²) in [5.41, 5.74) is 3.69. The van der Waals surface area contributed by atoms with E-state index in [-0.39, 0.29) is 0 Å². The maximum Gasteiger partial charge on any atom is 0.0674 e. The van der Waals surface area contributed by atoms with E-state index in [1.165, 1.54) is 0 Å². The standard InChI is InChI=1S/C10H10BrNO/c1-2-9(11)7-8-5-3-4-6-10(8)12-13/h2-7,12-13H,1H2/b9-7+. The molecule has 0 amide bonds. The largest absolute Gasteiger partial charge is 0.291 e. The van der Waals surface area contributed by atoms with Gasteiger partial charge in [-0.05, 0) is 12.1 Å². The van der Waals surface area contributed by atoms with Gasteiger partial charge in [-0.25, -0.2) is 0 Å². The molecule has 2 N–H and O–H groups in total. The third kappa shape index (κ3) is 2.72. The number of hydrogen-bond acceptors (Lipinski definition) is 2. The monoisotopic (exact) mass is 239 g/mol. The van der Waals surface area contributed by atoms with Crippen LogP contribution in [0, 0.1) is 0 Å². The summed E-state index contributed by atoms with van der Waals surface area (Å²) < 4.78 is 0.871. The van der Waals surface area contributed by atoms with Gasteiger partial charge in [0, 0.05) is 10.0 Å². The highest BCUT2D eigenvalue weighted by molar-refractivity contribution is 9.12. The quantitative estimate of drug-likeness (QED) is 0.626. The van der Waals surface area contributed by atoms with Gasteiger partial charge in [0.1, 0.15) is 0 Å². The Morgan fingerprint density at radius 1 is 1.46 bits per heavy atom. The summed E-state index contributed by atoms with van der Waals surface area (Å²) in [6.45, 7) is 3.61. The molecule has 0 aliphatic heterocycles. The van der Waals surface area contributed by atoms with Crippen molar-refractivity contribution < 1.29 is 5.21 Å². The summed E-state index contributed by atoms with van der Waals surface area (Å²) in [4.78, 5) is 0. The second-order valence-electron chi connectivity index (χ2n) is 2.43. The summed E-state index contributed by atoms with van der Waals surface area (Å²) in [6, 6.07) is 7.42. The molecule has 0 radical (unpaired) electrons. The first-order chi connectivity index (χ1) is 6.27. The highest BCUT2D eigenvalue weighted by atomic mass is 79.9. The fourth-order valence-corrected chi connectivity index (χ4v) is 1.18. The third-order valence-electron chi connectivity index (χ3n) is 1.57. The van der Waals surface area contributed by atoms with Gasteiger partial charge in [-0.3, -0.25) is 10.7 Å². The van der Waals surface area contributed by atoms with E-state index < -0.39 is 0 Å². The number of halogens is 1. The first-order valence-electron chi connectivity index (χ1n) is 3.76. The highest BCUT2D eigenvalue weighted by Crippen LogP contribution is 2.20. The molecule has 0 aromatic heterocycles. The van der Waals surface area contributed by atoms with Gasteiger partial charge >= 0.3 is 0 Å². The van der Waals surface area contributed by atoms with Gasteiger partial charge in [0.05, 0.1) is 5.69 Å². The molecule has 0 heterocycles. The topological polar surface area (TPSA) is 32.3 Å². The van der Waals surface area contributed by atoms with E-state index in [2.05, 4.69) is 28.0 Å². The SMILES string of the molecule is C=C/C(Br)=C\c1ccccc1NO. The van der Waals surface area contributed by atoms with Crippen molar-refractivity contribution in [3.63, 3.8) is 0 Å². The number of para-hydroxylation sites is 1. The van der Waals surface area contributed by atoms with Crippen molar-refractivity contribution in [1.82, 2.24) is 0 Å². The van der Waals surface area contributed by atoms with Crippen LogP contribution in [0.4, 0.5) is 5.69 Å². The second kappa shape index (κ2) is 4.84. The molecule has 1 aromatic rings. The maximum atomic E-state index is 8.78. The van der Waals surface area contributed by atoms with Crippen molar-refractivity contribution in [2.75, 3.05) is 5.48 Å². The van der Waals surface area contributed by atoms with Gasteiger partial charge < -0.3 is 0 Å². The molecule has 68 valence electrons. The number of hydrogen-bond donors (Lipinski definition) is 2. The second-order valence-corrected chi connectivity index (χ2v) is 3.35. The van der Waals surface area contributed by atoms with Crippen LogP contribution in [0.2, 0.25) is 0 Å². The lowest BCUT2D eigenvalue weighted by molar-refractivity contribution is 0.389. The van der Waals surface area contributed by atoms with E-state index in [9.17, 15) is 0 Å². The van der Waals surface area contributed by atoms with E-state index in [4.69, 9.17) is 5.21 Å². The van der Waals surface area contributed by atoms with Gasteiger partial charge in [0.25, 0.3) is 0 Å². The molecule has 0 aliphatic rings. The van der Waals surface area contributed by atoms with Gasteiger partial charge in [-0.2, -0.15) is 0 Å². The normalized spacial score (nSPS) is 11.1. The zero-order valence-corrected chi connectivity index (χ0v) is 8.58. The maximum absolute atomic E-state index is 8.78. The van der Waals surface area contributed by atoms with Crippen LogP contribution >= 0.6 is 15.9 Å². The molecule has 0 saturated heterocycles. The molecule has 0 saturated carbocycles. The zero-order valence-electron chi connectivity index (χ0n) is 7.00. The van der Waals surface area contributed by atoms with E-state index in [1.807, 2.05) is 24.3 Å². The van der Waals surface area contributed by atoms with Gasteiger partial charge in [-0.15, -0.1) is 0 Å². The van der Waals surface area contributed by atoms with Gasteiger partial charge in [0.2, 0.25) is 0 Å². The molecule has 1 aromatic carbocycles. The first-order valence-corrected chi connectivity index (χ1v) is 4.56. The van der Waals surface area contributed by atoms with E-state index in [0.717, 1.165) is 10.0 Å². The average Bonchev–Trinajstić information content (AvgIpc) is 2.18. The Hall–Kier alpha value is -1.06. The summed E-state index contributed by atoms with van der Waals surface area (Å²) in [5, 5.41) is 8.78.